The van der Waals surface area contributed by atoms with Crippen LogP contribution in [0.15, 0.2) is 24.3 Å². The first-order chi connectivity index (χ1) is 9.26. The van der Waals surface area contributed by atoms with Crippen LogP contribution in [0.3, 0.4) is 0 Å². The molecule has 1 atom stereocenters. The standard InChI is InChI=1S/C15H20N2O2/c1-19-14-8-9-17(10-14)13-6-4-12(5-7-13)16-15(18)11-2-3-11/h4-7,11,14H,2-3,8-10H2,1H3,(H,16,18)/t14-/m0/s1. The van der Waals surface area contributed by atoms with Crippen LogP contribution in [0, 0.1) is 5.92 Å². The molecule has 1 aliphatic carbocycles. The molecule has 4 nitrogen and oxygen atoms in total. The number of anilines is 2. The Morgan fingerprint density at radius 3 is 2.58 bits per heavy atom. The molecule has 1 saturated heterocycles. The van der Waals surface area contributed by atoms with Crippen molar-refractivity contribution in [2.45, 2.75) is 25.4 Å². The van der Waals surface area contributed by atoms with Crippen molar-refractivity contribution in [3.63, 3.8) is 0 Å². The van der Waals surface area contributed by atoms with E-state index in [0.717, 1.165) is 38.0 Å². The molecule has 0 spiro atoms. The second-order valence-electron chi connectivity index (χ2n) is 5.40. The number of carbonyl (C=O) groups excluding carboxylic acids is 1. The number of carbonyl (C=O) groups is 1. The van der Waals surface area contributed by atoms with E-state index < -0.39 is 0 Å². The Kier molecular flexibility index (Phi) is 3.42. The summed E-state index contributed by atoms with van der Waals surface area (Å²) in [5, 5.41) is 2.96. The molecular formula is C15H20N2O2. The zero-order valence-corrected chi connectivity index (χ0v) is 11.3. The molecule has 1 saturated carbocycles. The van der Waals surface area contributed by atoms with Crippen LogP contribution in [-0.2, 0) is 9.53 Å². The molecule has 0 aromatic heterocycles. The van der Waals surface area contributed by atoms with Crippen molar-refractivity contribution in [1.29, 1.82) is 0 Å². The molecule has 2 fully saturated rings. The van der Waals surface area contributed by atoms with Crippen LogP contribution in [0.4, 0.5) is 11.4 Å². The minimum atomic E-state index is 0.161. The summed E-state index contributed by atoms with van der Waals surface area (Å²) in [7, 11) is 1.77. The van der Waals surface area contributed by atoms with Crippen molar-refractivity contribution >= 4 is 17.3 Å². The van der Waals surface area contributed by atoms with E-state index in [1.807, 2.05) is 12.1 Å². The Balaban J connectivity index is 1.60. The van der Waals surface area contributed by atoms with Gasteiger partial charge in [-0.3, -0.25) is 4.79 Å². The molecule has 0 unspecified atom stereocenters. The summed E-state index contributed by atoms with van der Waals surface area (Å²) in [5.41, 5.74) is 2.09. The van der Waals surface area contributed by atoms with Crippen molar-refractivity contribution in [2.24, 2.45) is 5.92 Å². The lowest BCUT2D eigenvalue weighted by Gasteiger charge is -2.18. The number of nitrogens with zero attached hydrogens (tertiary/aromatic N) is 1. The van der Waals surface area contributed by atoms with Crippen LogP contribution < -0.4 is 10.2 Å². The summed E-state index contributed by atoms with van der Waals surface area (Å²) in [6, 6.07) is 8.10. The van der Waals surface area contributed by atoms with E-state index in [-0.39, 0.29) is 11.8 Å². The topological polar surface area (TPSA) is 41.6 Å². The lowest BCUT2D eigenvalue weighted by atomic mass is 10.2. The number of benzene rings is 1. The van der Waals surface area contributed by atoms with Crippen LogP contribution in [0.2, 0.25) is 0 Å². The molecule has 1 heterocycles. The largest absolute Gasteiger partial charge is 0.380 e. The van der Waals surface area contributed by atoms with Gasteiger partial charge in [0.1, 0.15) is 0 Å². The van der Waals surface area contributed by atoms with Gasteiger partial charge < -0.3 is 15.0 Å². The van der Waals surface area contributed by atoms with Crippen molar-refractivity contribution in [2.75, 3.05) is 30.4 Å². The van der Waals surface area contributed by atoms with E-state index in [1.165, 1.54) is 5.69 Å². The van der Waals surface area contributed by atoms with E-state index in [2.05, 4.69) is 22.3 Å². The third-order valence-corrected chi connectivity index (χ3v) is 3.93. The summed E-state index contributed by atoms with van der Waals surface area (Å²) in [4.78, 5) is 14.0. The SMILES string of the molecule is CO[C@H]1CCN(c2ccc(NC(=O)C3CC3)cc2)C1. The van der Waals surface area contributed by atoms with E-state index >= 15 is 0 Å². The average Bonchev–Trinajstić information content (AvgIpc) is 3.18. The van der Waals surface area contributed by atoms with Gasteiger partial charge in [-0.25, -0.2) is 0 Å². The molecule has 1 aliphatic heterocycles. The fraction of sp³-hybridized carbons (Fsp3) is 0.533. The number of nitrogens with one attached hydrogen (secondary N) is 1. The number of amides is 1. The summed E-state index contributed by atoms with van der Waals surface area (Å²) in [6.45, 7) is 1.98. The van der Waals surface area contributed by atoms with Gasteiger partial charge in [0.2, 0.25) is 5.91 Å². The normalized spacial score (nSPS) is 22.6. The second kappa shape index (κ2) is 5.21. The quantitative estimate of drug-likeness (QED) is 0.903. The first-order valence-electron chi connectivity index (χ1n) is 6.95. The zero-order chi connectivity index (χ0) is 13.2. The molecule has 1 amide bonds. The van der Waals surface area contributed by atoms with E-state index in [9.17, 15) is 4.79 Å². The van der Waals surface area contributed by atoms with Gasteiger partial charge in [0.15, 0.2) is 0 Å². The molecular weight excluding hydrogens is 240 g/mol. The number of methoxy groups -OCH3 is 1. The fourth-order valence-corrected chi connectivity index (χ4v) is 2.50. The lowest BCUT2D eigenvalue weighted by molar-refractivity contribution is -0.117. The van der Waals surface area contributed by atoms with Crippen LogP contribution in [0.1, 0.15) is 19.3 Å². The molecule has 102 valence electrons. The predicted octanol–water partition coefficient (Wildman–Crippen LogP) is 2.26. The Hall–Kier alpha value is -1.55. The summed E-state index contributed by atoms with van der Waals surface area (Å²) >= 11 is 0. The smallest absolute Gasteiger partial charge is 0.227 e. The molecule has 1 aromatic rings. The maximum Gasteiger partial charge on any atom is 0.227 e. The minimum Gasteiger partial charge on any atom is -0.380 e. The monoisotopic (exact) mass is 260 g/mol. The Morgan fingerprint density at radius 1 is 1.26 bits per heavy atom. The lowest BCUT2D eigenvalue weighted by Crippen LogP contribution is -2.22. The van der Waals surface area contributed by atoms with E-state index in [0.29, 0.717) is 6.10 Å². The molecule has 1 N–H and O–H groups in total. The van der Waals surface area contributed by atoms with Gasteiger partial charge in [-0.15, -0.1) is 0 Å². The Bertz CT molecular complexity index is 454. The van der Waals surface area contributed by atoms with Gasteiger partial charge in [0.05, 0.1) is 6.10 Å². The third-order valence-electron chi connectivity index (χ3n) is 3.93. The van der Waals surface area contributed by atoms with Gasteiger partial charge in [0.25, 0.3) is 0 Å². The number of hydrogen-bond acceptors (Lipinski definition) is 3. The molecule has 3 rings (SSSR count). The first-order valence-corrected chi connectivity index (χ1v) is 6.95. The molecule has 0 radical (unpaired) electrons. The molecule has 0 bridgehead atoms. The number of hydrogen-bond donors (Lipinski definition) is 1. The maximum absolute atomic E-state index is 11.7. The molecule has 1 aromatic carbocycles. The number of ether oxygens (including phenoxy) is 1. The molecule has 2 aliphatic rings. The van der Waals surface area contributed by atoms with Gasteiger partial charge in [-0.1, -0.05) is 0 Å². The Morgan fingerprint density at radius 2 is 2.00 bits per heavy atom. The van der Waals surface area contributed by atoms with Gasteiger partial charge in [-0.05, 0) is 43.5 Å². The van der Waals surface area contributed by atoms with Crippen molar-refractivity contribution in [3.8, 4) is 0 Å². The van der Waals surface area contributed by atoms with Gasteiger partial charge in [0, 0.05) is 37.5 Å². The van der Waals surface area contributed by atoms with Gasteiger partial charge >= 0.3 is 0 Å². The van der Waals surface area contributed by atoms with Crippen LogP contribution >= 0.6 is 0 Å². The molecule has 19 heavy (non-hydrogen) atoms. The van der Waals surface area contributed by atoms with E-state index in [1.54, 1.807) is 7.11 Å². The summed E-state index contributed by atoms with van der Waals surface area (Å²) in [6.07, 6.45) is 3.50. The molecule has 4 heteroatoms. The predicted molar refractivity (Wildman–Crippen MR) is 75.4 cm³/mol. The second-order valence-corrected chi connectivity index (χ2v) is 5.40. The highest BCUT2D eigenvalue weighted by atomic mass is 16.5. The van der Waals surface area contributed by atoms with Crippen LogP contribution in [0.5, 0.6) is 0 Å². The average molecular weight is 260 g/mol. The minimum absolute atomic E-state index is 0.161. The van der Waals surface area contributed by atoms with Crippen LogP contribution in [-0.4, -0.2) is 32.2 Å². The van der Waals surface area contributed by atoms with E-state index in [4.69, 9.17) is 4.74 Å². The highest BCUT2D eigenvalue weighted by Crippen LogP contribution is 2.30. The summed E-state index contributed by atoms with van der Waals surface area (Å²) < 4.78 is 5.37. The van der Waals surface area contributed by atoms with Crippen molar-refractivity contribution in [1.82, 2.24) is 0 Å². The Labute approximate surface area is 113 Å². The summed E-state index contributed by atoms with van der Waals surface area (Å²) in [5.74, 6) is 0.411. The number of rotatable bonds is 4. The third kappa shape index (κ3) is 2.89. The van der Waals surface area contributed by atoms with Crippen LogP contribution in [0.25, 0.3) is 0 Å². The maximum atomic E-state index is 11.7. The van der Waals surface area contributed by atoms with Crippen molar-refractivity contribution < 1.29 is 9.53 Å². The van der Waals surface area contributed by atoms with Gasteiger partial charge in [-0.2, -0.15) is 0 Å². The highest BCUT2D eigenvalue weighted by Gasteiger charge is 2.29. The fourth-order valence-electron chi connectivity index (χ4n) is 2.50. The van der Waals surface area contributed by atoms with Crippen molar-refractivity contribution in [3.05, 3.63) is 24.3 Å². The zero-order valence-electron chi connectivity index (χ0n) is 11.3. The first kappa shape index (κ1) is 12.5. The highest BCUT2D eigenvalue weighted by molar-refractivity contribution is 5.94.